The van der Waals surface area contributed by atoms with Crippen LogP contribution in [0.2, 0.25) is 0 Å². The van der Waals surface area contributed by atoms with Crippen molar-refractivity contribution >= 4 is 11.6 Å². The number of rotatable bonds is 10. The van der Waals surface area contributed by atoms with Crippen LogP contribution < -0.4 is 10.6 Å². The zero-order valence-corrected chi connectivity index (χ0v) is 13.6. The van der Waals surface area contributed by atoms with Crippen molar-refractivity contribution < 1.29 is 9.84 Å². The predicted molar refractivity (Wildman–Crippen MR) is 85.9 cm³/mol. The number of ether oxygens (including phenoxy) is 1. The van der Waals surface area contributed by atoms with Crippen molar-refractivity contribution in [1.29, 1.82) is 0 Å². The highest BCUT2D eigenvalue weighted by molar-refractivity contribution is 5.57. The Balaban J connectivity index is 3.01. The lowest BCUT2D eigenvalue weighted by Crippen LogP contribution is -2.27. The second-order valence-corrected chi connectivity index (χ2v) is 5.05. The summed E-state index contributed by atoms with van der Waals surface area (Å²) in [6.07, 6.45) is 2.48. The fourth-order valence-corrected chi connectivity index (χ4v) is 2.13. The highest BCUT2D eigenvalue weighted by atomic mass is 16.5. The molecule has 0 radical (unpaired) electrons. The Kier molecular flexibility index (Phi) is 8.00. The number of hydrogen-bond acceptors (Lipinski definition) is 6. The van der Waals surface area contributed by atoms with Gasteiger partial charge in [0.2, 0.25) is 0 Å². The summed E-state index contributed by atoms with van der Waals surface area (Å²) in [4.78, 5) is 9.18. The molecule has 1 aromatic rings. The Labute approximate surface area is 127 Å². The summed E-state index contributed by atoms with van der Waals surface area (Å²) in [5.41, 5.74) is 0.996. The highest BCUT2D eigenvalue weighted by Gasteiger charge is 2.14. The molecule has 0 aromatic carbocycles. The monoisotopic (exact) mass is 296 g/mol. The van der Waals surface area contributed by atoms with Gasteiger partial charge in [-0.25, -0.2) is 9.97 Å². The van der Waals surface area contributed by atoms with E-state index in [1.54, 1.807) is 7.11 Å². The fourth-order valence-electron chi connectivity index (χ4n) is 2.13. The number of methoxy groups -OCH3 is 1. The van der Waals surface area contributed by atoms with Gasteiger partial charge in [0.05, 0.1) is 12.6 Å². The second-order valence-electron chi connectivity index (χ2n) is 5.05. The number of aryl methyl sites for hydroxylation is 1. The van der Waals surface area contributed by atoms with Crippen molar-refractivity contribution in [2.75, 3.05) is 37.5 Å². The quantitative estimate of drug-likeness (QED) is 0.613. The van der Waals surface area contributed by atoms with Crippen LogP contribution in [0.5, 0.6) is 0 Å². The third kappa shape index (κ3) is 5.47. The minimum Gasteiger partial charge on any atom is -0.396 e. The first-order chi connectivity index (χ1) is 10.2. The molecule has 0 aliphatic carbocycles. The van der Waals surface area contributed by atoms with E-state index in [9.17, 15) is 0 Å². The van der Waals surface area contributed by atoms with E-state index in [2.05, 4.69) is 27.5 Å². The molecule has 0 bridgehead atoms. The van der Waals surface area contributed by atoms with Gasteiger partial charge in [-0.1, -0.05) is 6.92 Å². The normalized spacial score (nSPS) is 12.2. The number of aliphatic hydroxyl groups is 1. The van der Waals surface area contributed by atoms with Crippen LogP contribution in [-0.4, -0.2) is 48.0 Å². The van der Waals surface area contributed by atoms with E-state index in [-0.39, 0.29) is 12.6 Å². The van der Waals surface area contributed by atoms with Crippen molar-refractivity contribution in [2.45, 2.75) is 46.1 Å². The van der Waals surface area contributed by atoms with Crippen molar-refractivity contribution in [3.63, 3.8) is 0 Å². The lowest BCUT2D eigenvalue weighted by atomic mass is 10.2. The minimum absolute atomic E-state index is 0.0394. The summed E-state index contributed by atoms with van der Waals surface area (Å²) in [5, 5.41) is 15.8. The molecule has 1 rings (SSSR count). The second kappa shape index (κ2) is 9.52. The fraction of sp³-hybridized carbons (Fsp3) is 0.733. The van der Waals surface area contributed by atoms with Crippen LogP contribution in [0.15, 0.2) is 0 Å². The summed E-state index contributed by atoms with van der Waals surface area (Å²) < 4.78 is 5.19. The summed E-state index contributed by atoms with van der Waals surface area (Å²) in [5.74, 6) is 2.53. The molecule has 1 aromatic heterocycles. The van der Waals surface area contributed by atoms with E-state index in [4.69, 9.17) is 9.84 Å². The zero-order valence-electron chi connectivity index (χ0n) is 13.6. The van der Waals surface area contributed by atoms with E-state index in [1.807, 2.05) is 13.8 Å². The number of anilines is 2. The van der Waals surface area contributed by atoms with Crippen molar-refractivity contribution in [3.8, 4) is 0 Å². The molecule has 0 saturated carbocycles. The topological polar surface area (TPSA) is 79.3 Å². The van der Waals surface area contributed by atoms with Gasteiger partial charge in [0.25, 0.3) is 0 Å². The maximum atomic E-state index is 9.15. The third-order valence-corrected chi connectivity index (χ3v) is 3.20. The van der Waals surface area contributed by atoms with Gasteiger partial charge in [0.1, 0.15) is 17.5 Å². The lowest BCUT2D eigenvalue weighted by Gasteiger charge is -2.20. The maximum absolute atomic E-state index is 9.15. The van der Waals surface area contributed by atoms with Crippen LogP contribution in [0.3, 0.4) is 0 Å². The summed E-state index contributed by atoms with van der Waals surface area (Å²) in [7, 11) is 1.66. The molecular weight excluding hydrogens is 268 g/mol. The van der Waals surface area contributed by atoms with Crippen LogP contribution in [0.4, 0.5) is 11.6 Å². The van der Waals surface area contributed by atoms with Gasteiger partial charge in [0.15, 0.2) is 0 Å². The van der Waals surface area contributed by atoms with E-state index in [1.165, 1.54) is 0 Å². The third-order valence-electron chi connectivity index (χ3n) is 3.20. The Bertz CT molecular complexity index is 420. The molecule has 21 heavy (non-hydrogen) atoms. The first-order valence-corrected chi connectivity index (χ1v) is 7.63. The van der Waals surface area contributed by atoms with Crippen LogP contribution in [-0.2, 0) is 11.2 Å². The first kappa shape index (κ1) is 17.7. The molecule has 0 spiro atoms. The molecular formula is C15H28N4O2. The van der Waals surface area contributed by atoms with Crippen molar-refractivity contribution in [3.05, 3.63) is 11.4 Å². The average molecular weight is 296 g/mol. The molecule has 1 atom stereocenters. The summed E-state index contributed by atoms with van der Waals surface area (Å²) in [6.45, 7) is 7.63. The van der Waals surface area contributed by atoms with Gasteiger partial charge in [-0.3, -0.25) is 0 Å². The molecule has 0 fully saturated rings. The molecule has 0 saturated heterocycles. The Morgan fingerprint density at radius 3 is 2.52 bits per heavy atom. The smallest absolute Gasteiger partial charge is 0.135 e. The van der Waals surface area contributed by atoms with Gasteiger partial charge in [-0.2, -0.15) is 0 Å². The van der Waals surface area contributed by atoms with Crippen molar-refractivity contribution in [1.82, 2.24) is 9.97 Å². The summed E-state index contributed by atoms with van der Waals surface area (Å²) in [6, 6.07) is 0.0394. The summed E-state index contributed by atoms with van der Waals surface area (Å²) >= 11 is 0. The standard InChI is InChI=1S/C15H28N4O2/c1-5-7-13-18-14(16-6-2)11(3)15(19-13)17-12(8-9-20)10-21-4/h12,20H,5-10H2,1-4H3,(H2,16,17,18,19). The minimum atomic E-state index is 0.0394. The van der Waals surface area contributed by atoms with E-state index in [0.29, 0.717) is 13.0 Å². The van der Waals surface area contributed by atoms with Gasteiger partial charge >= 0.3 is 0 Å². The van der Waals surface area contributed by atoms with Crippen molar-refractivity contribution in [2.24, 2.45) is 0 Å². The van der Waals surface area contributed by atoms with Gasteiger partial charge in [0, 0.05) is 32.2 Å². The van der Waals surface area contributed by atoms with Gasteiger partial charge < -0.3 is 20.5 Å². The Morgan fingerprint density at radius 2 is 1.95 bits per heavy atom. The maximum Gasteiger partial charge on any atom is 0.135 e. The number of aromatic nitrogens is 2. The predicted octanol–water partition coefficient (Wildman–Crippen LogP) is 1.98. The molecule has 120 valence electrons. The van der Waals surface area contributed by atoms with Crippen LogP contribution in [0.25, 0.3) is 0 Å². The molecule has 0 aliphatic heterocycles. The highest BCUT2D eigenvalue weighted by Crippen LogP contribution is 2.21. The lowest BCUT2D eigenvalue weighted by molar-refractivity contribution is 0.170. The number of nitrogens with zero attached hydrogens (tertiary/aromatic N) is 2. The molecule has 1 unspecified atom stereocenters. The molecule has 0 amide bonds. The average Bonchev–Trinajstić information content (AvgIpc) is 2.45. The molecule has 3 N–H and O–H groups in total. The van der Waals surface area contributed by atoms with E-state index in [0.717, 1.165) is 42.4 Å². The Hall–Kier alpha value is -1.40. The molecule has 6 heteroatoms. The van der Waals surface area contributed by atoms with Gasteiger partial charge in [-0.15, -0.1) is 0 Å². The van der Waals surface area contributed by atoms with E-state index < -0.39 is 0 Å². The van der Waals surface area contributed by atoms with Gasteiger partial charge in [-0.05, 0) is 26.7 Å². The molecule has 1 heterocycles. The number of aliphatic hydroxyl groups excluding tert-OH is 1. The van der Waals surface area contributed by atoms with Crippen LogP contribution in [0.1, 0.15) is 38.1 Å². The van der Waals surface area contributed by atoms with Crippen LogP contribution in [0, 0.1) is 6.92 Å². The van der Waals surface area contributed by atoms with E-state index >= 15 is 0 Å². The molecule has 6 nitrogen and oxygen atoms in total. The number of hydrogen-bond donors (Lipinski definition) is 3. The first-order valence-electron chi connectivity index (χ1n) is 7.63. The largest absolute Gasteiger partial charge is 0.396 e. The Morgan fingerprint density at radius 1 is 1.24 bits per heavy atom. The zero-order chi connectivity index (χ0) is 15.7. The SMILES string of the molecule is CCCc1nc(NCC)c(C)c(NC(CCO)COC)n1. The number of nitrogens with one attached hydrogen (secondary N) is 2. The molecule has 0 aliphatic rings. The van der Waals surface area contributed by atoms with Crippen LogP contribution >= 0.6 is 0 Å².